The number of hydrogen-bond donors (Lipinski definition) is 0. The number of rotatable bonds is 6. The predicted octanol–water partition coefficient (Wildman–Crippen LogP) is 4.11. The zero-order chi connectivity index (χ0) is 11.9. The van der Waals surface area contributed by atoms with E-state index in [-0.39, 0.29) is 11.4 Å². The zero-order valence-electron chi connectivity index (χ0n) is 9.85. The standard InChI is InChI=1S/C11H21BrClNO/c1-11(2,3)14(13)10(15)8-6-4-5-7-9-12/h4-9H2,1-3H3. The van der Waals surface area contributed by atoms with E-state index in [1.807, 2.05) is 20.8 Å². The smallest absolute Gasteiger partial charge is 0.237 e. The lowest BCUT2D eigenvalue weighted by Crippen LogP contribution is -2.38. The maximum atomic E-state index is 11.6. The second-order valence-corrected chi connectivity index (χ2v) is 5.83. The Kier molecular flexibility index (Phi) is 7.62. The molecule has 15 heavy (non-hydrogen) atoms. The predicted molar refractivity (Wildman–Crippen MR) is 69.3 cm³/mol. The van der Waals surface area contributed by atoms with Gasteiger partial charge in [-0.25, -0.2) is 4.42 Å². The highest BCUT2D eigenvalue weighted by atomic mass is 79.9. The molecule has 0 fully saturated rings. The summed E-state index contributed by atoms with van der Waals surface area (Å²) in [5.41, 5.74) is -0.283. The van der Waals surface area contributed by atoms with Gasteiger partial charge in [0, 0.05) is 23.5 Å². The van der Waals surface area contributed by atoms with E-state index in [1.165, 1.54) is 17.3 Å². The molecule has 0 unspecified atom stereocenters. The van der Waals surface area contributed by atoms with Gasteiger partial charge in [-0.2, -0.15) is 0 Å². The van der Waals surface area contributed by atoms with Gasteiger partial charge in [-0.05, 0) is 33.6 Å². The van der Waals surface area contributed by atoms with Gasteiger partial charge in [-0.15, -0.1) is 0 Å². The summed E-state index contributed by atoms with van der Waals surface area (Å²) < 4.78 is 1.32. The number of halogens is 2. The molecule has 0 saturated carbocycles. The molecule has 0 rings (SSSR count). The summed E-state index contributed by atoms with van der Waals surface area (Å²) in [6.07, 6.45) is 4.95. The van der Waals surface area contributed by atoms with Gasteiger partial charge in [0.25, 0.3) is 0 Å². The van der Waals surface area contributed by atoms with Crippen molar-refractivity contribution < 1.29 is 4.79 Å². The van der Waals surface area contributed by atoms with Crippen LogP contribution in [0.25, 0.3) is 0 Å². The van der Waals surface area contributed by atoms with Crippen molar-refractivity contribution in [3.05, 3.63) is 0 Å². The lowest BCUT2D eigenvalue weighted by molar-refractivity contribution is -0.129. The summed E-state index contributed by atoms with van der Waals surface area (Å²) in [4.78, 5) is 11.6. The Balaban J connectivity index is 3.66. The second kappa shape index (κ2) is 7.50. The lowest BCUT2D eigenvalue weighted by atomic mass is 10.1. The Morgan fingerprint density at radius 2 is 1.73 bits per heavy atom. The van der Waals surface area contributed by atoms with Crippen LogP contribution in [0, 0.1) is 0 Å². The van der Waals surface area contributed by atoms with Gasteiger partial charge in [0.15, 0.2) is 0 Å². The van der Waals surface area contributed by atoms with Crippen LogP contribution >= 0.6 is 27.7 Å². The Hall–Kier alpha value is 0.240. The largest absolute Gasteiger partial charge is 0.274 e. The van der Waals surface area contributed by atoms with E-state index in [0.717, 1.165) is 18.2 Å². The van der Waals surface area contributed by atoms with Gasteiger partial charge in [-0.1, -0.05) is 28.8 Å². The molecule has 0 N–H and O–H groups in total. The van der Waals surface area contributed by atoms with E-state index in [2.05, 4.69) is 15.9 Å². The highest BCUT2D eigenvalue weighted by Gasteiger charge is 2.23. The molecule has 90 valence electrons. The first-order valence-corrected chi connectivity index (χ1v) is 6.90. The number of nitrogens with zero attached hydrogens (tertiary/aromatic N) is 1. The zero-order valence-corrected chi connectivity index (χ0v) is 12.2. The summed E-state index contributed by atoms with van der Waals surface area (Å²) >= 11 is 9.31. The van der Waals surface area contributed by atoms with Gasteiger partial charge >= 0.3 is 0 Å². The van der Waals surface area contributed by atoms with Crippen LogP contribution in [0.4, 0.5) is 0 Å². The van der Waals surface area contributed by atoms with Gasteiger partial charge in [-0.3, -0.25) is 4.79 Å². The molecule has 4 heteroatoms. The third-order valence-corrected chi connectivity index (χ3v) is 3.34. The topological polar surface area (TPSA) is 20.3 Å². The third kappa shape index (κ3) is 7.18. The van der Waals surface area contributed by atoms with Crippen LogP contribution in [0.1, 0.15) is 52.9 Å². The monoisotopic (exact) mass is 297 g/mol. The molecule has 0 aromatic heterocycles. The molecule has 0 spiro atoms. The fraction of sp³-hybridized carbons (Fsp3) is 0.909. The molecule has 1 amide bonds. The first-order valence-electron chi connectivity index (χ1n) is 5.44. The average molecular weight is 299 g/mol. The first-order chi connectivity index (χ1) is 6.89. The molecule has 0 radical (unpaired) electrons. The van der Waals surface area contributed by atoms with Gasteiger partial charge in [0.05, 0.1) is 5.54 Å². The molecule has 2 nitrogen and oxygen atoms in total. The van der Waals surface area contributed by atoms with E-state index in [9.17, 15) is 4.79 Å². The normalized spacial score (nSPS) is 11.5. The highest BCUT2D eigenvalue weighted by Crippen LogP contribution is 2.18. The van der Waals surface area contributed by atoms with Crippen molar-refractivity contribution in [2.45, 2.75) is 58.4 Å². The van der Waals surface area contributed by atoms with Crippen LogP contribution in [-0.2, 0) is 4.79 Å². The van der Waals surface area contributed by atoms with E-state index in [4.69, 9.17) is 11.8 Å². The maximum absolute atomic E-state index is 11.6. The number of alkyl halides is 1. The molecule has 0 heterocycles. The van der Waals surface area contributed by atoms with Gasteiger partial charge in [0.2, 0.25) is 5.91 Å². The fourth-order valence-electron chi connectivity index (χ4n) is 1.20. The van der Waals surface area contributed by atoms with Crippen molar-refractivity contribution in [3.63, 3.8) is 0 Å². The van der Waals surface area contributed by atoms with Crippen LogP contribution in [-0.4, -0.2) is 21.2 Å². The Labute approximate surface area is 107 Å². The molecule has 0 atom stereocenters. The minimum absolute atomic E-state index is 0.0306. The van der Waals surface area contributed by atoms with E-state index in [1.54, 1.807) is 0 Å². The van der Waals surface area contributed by atoms with E-state index < -0.39 is 0 Å². The number of carbonyl (C=O) groups excluding carboxylic acids is 1. The van der Waals surface area contributed by atoms with Crippen molar-refractivity contribution in [2.75, 3.05) is 5.33 Å². The Morgan fingerprint density at radius 1 is 1.20 bits per heavy atom. The molecule has 0 aromatic carbocycles. The van der Waals surface area contributed by atoms with Crippen LogP contribution < -0.4 is 0 Å². The van der Waals surface area contributed by atoms with Crippen molar-refractivity contribution in [1.82, 2.24) is 4.42 Å². The Bertz CT molecular complexity index is 192. The molecular formula is C11H21BrClNO. The maximum Gasteiger partial charge on any atom is 0.237 e. The molecule has 0 aliphatic carbocycles. The third-order valence-electron chi connectivity index (χ3n) is 2.08. The van der Waals surface area contributed by atoms with E-state index >= 15 is 0 Å². The second-order valence-electron chi connectivity index (χ2n) is 4.70. The number of hydrogen-bond acceptors (Lipinski definition) is 1. The van der Waals surface area contributed by atoms with Crippen molar-refractivity contribution >= 4 is 33.6 Å². The minimum Gasteiger partial charge on any atom is -0.274 e. The number of amides is 1. The van der Waals surface area contributed by atoms with E-state index in [0.29, 0.717) is 6.42 Å². The Morgan fingerprint density at radius 3 is 2.20 bits per heavy atom. The summed E-state index contributed by atoms with van der Waals surface area (Å²) in [7, 11) is 0. The quantitative estimate of drug-likeness (QED) is 0.410. The van der Waals surface area contributed by atoms with Crippen LogP contribution in [0.15, 0.2) is 0 Å². The SMILES string of the molecule is CC(C)(C)N(Cl)C(=O)CCCCCCBr. The van der Waals surface area contributed by atoms with Crippen molar-refractivity contribution in [3.8, 4) is 0 Å². The molecular weight excluding hydrogens is 277 g/mol. The molecule has 0 aromatic rings. The van der Waals surface area contributed by atoms with Gasteiger partial charge in [0.1, 0.15) is 0 Å². The number of carbonyl (C=O) groups is 1. The summed E-state index contributed by atoms with van der Waals surface area (Å²) in [6.45, 7) is 5.80. The minimum atomic E-state index is -0.283. The molecule has 0 bridgehead atoms. The van der Waals surface area contributed by atoms with Crippen LogP contribution in [0.3, 0.4) is 0 Å². The lowest BCUT2D eigenvalue weighted by Gasteiger charge is -2.28. The van der Waals surface area contributed by atoms with Crippen molar-refractivity contribution in [2.24, 2.45) is 0 Å². The fourth-order valence-corrected chi connectivity index (χ4v) is 1.68. The first kappa shape index (κ1) is 15.2. The molecule has 0 aliphatic heterocycles. The average Bonchev–Trinajstić information content (AvgIpc) is 2.14. The van der Waals surface area contributed by atoms with Crippen LogP contribution in [0.5, 0.6) is 0 Å². The summed E-state index contributed by atoms with van der Waals surface area (Å²) in [6, 6.07) is 0. The molecule has 0 saturated heterocycles. The summed E-state index contributed by atoms with van der Waals surface area (Å²) in [5, 5.41) is 1.05. The van der Waals surface area contributed by atoms with Gasteiger partial charge < -0.3 is 0 Å². The van der Waals surface area contributed by atoms with Crippen molar-refractivity contribution in [1.29, 1.82) is 0 Å². The van der Waals surface area contributed by atoms with Crippen LogP contribution in [0.2, 0.25) is 0 Å². The summed E-state index contributed by atoms with van der Waals surface area (Å²) in [5.74, 6) is 0.0306. The number of unbranched alkanes of at least 4 members (excludes halogenated alkanes) is 3. The highest BCUT2D eigenvalue weighted by molar-refractivity contribution is 9.09. The molecule has 0 aliphatic rings.